The summed E-state index contributed by atoms with van der Waals surface area (Å²) in [5.41, 5.74) is 0. The Bertz CT molecular complexity index is 310. The molecule has 1 atom stereocenters. The zero-order valence-corrected chi connectivity index (χ0v) is 14.0. The smallest absolute Gasteiger partial charge is 0.0723 e. The van der Waals surface area contributed by atoms with Crippen molar-refractivity contribution in [2.75, 3.05) is 0 Å². The lowest BCUT2D eigenvalue weighted by atomic mass is 10.1. The van der Waals surface area contributed by atoms with Crippen LogP contribution < -0.4 is 0 Å². The van der Waals surface area contributed by atoms with Gasteiger partial charge in [-0.25, -0.2) is 0 Å². The van der Waals surface area contributed by atoms with Gasteiger partial charge in [0.15, 0.2) is 0 Å². The molecule has 1 heteroatoms. The number of hydrogen-bond acceptors (Lipinski definition) is 1. The molecule has 0 aliphatic carbocycles. The molecule has 21 heavy (non-hydrogen) atoms. The van der Waals surface area contributed by atoms with E-state index >= 15 is 0 Å². The molecule has 0 saturated carbocycles. The first-order valence-electron chi connectivity index (χ1n) is 8.62. The first-order valence-corrected chi connectivity index (χ1v) is 8.62. The Kier molecular flexibility index (Phi) is 16.1. The van der Waals surface area contributed by atoms with Crippen LogP contribution in [-0.2, 0) is 0 Å². The van der Waals surface area contributed by atoms with Gasteiger partial charge in [-0.15, -0.1) is 0 Å². The van der Waals surface area contributed by atoms with Crippen molar-refractivity contribution in [2.24, 2.45) is 0 Å². The van der Waals surface area contributed by atoms with E-state index in [-0.39, 0.29) is 6.10 Å². The van der Waals surface area contributed by atoms with Gasteiger partial charge in [0.2, 0.25) is 0 Å². The van der Waals surface area contributed by atoms with Crippen LogP contribution in [0.25, 0.3) is 0 Å². The van der Waals surface area contributed by atoms with Crippen molar-refractivity contribution >= 4 is 0 Å². The third-order valence-corrected chi connectivity index (χ3v) is 3.29. The summed E-state index contributed by atoms with van der Waals surface area (Å²) < 4.78 is 0. The van der Waals surface area contributed by atoms with E-state index in [0.29, 0.717) is 0 Å². The molecular weight excluding hydrogens is 256 g/mol. The van der Waals surface area contributed by atoms with E-state index in [1.54, 1.807) is 0 Å². The van der Waals surface area contributed by atoms with Gasteiger partial charge in [0.1, 0.15) is 0 Å². The molecule has 0 spiro atoms. The van der Waals surface area contributed by atoms with Gasteiger partial charge in [-0.05, 0) is 32.1 Å². The van der Waals surface area contributed by atoms with Gasteiger partial charge >= 0.3 is 0 Å². The van der Waals surface area contributed by atoms with Crippen molar-refractivity contribution in [2.45, 2.75) is 77.7 Å². The zero-order valence-electron chi connectivity index (χ0n) is 14.0. The summed E-state index contributed by atoms with van der Waals surface area (Å²) >= 11 is 0. The quantitative estimate of drug-likeness (QED) is 0.246. The highest BCUT2D eigenvalue weighted by Gasteiger charge is 1.95. The minimum atomic E-state index is -0.289. The first kappa shape index (κ1) is 19.9. The highest BCUT2D eigenvalue weighted by molar-refractivity contribution is 5.07. The molecule has 0 amide bonds. The molecule has 0 rings (SSSR count). The monoisotopic (exact) mass is 290 g/mol. The summed E-state index contributed by atoms with van der Waals surface area (Å²) in [5.74, 6) is 0. The molecule has 1 nitrogen and oxygen atoms in total. The molecule has 0 aliphatic rings. The Morgan fingerprint density at radius 1 is 0.762 bits per heavy atom. The molecule has 0 aromatic carbocycles. The van der Waals surface area contributed by atoms with Crippen molar-refractivity contribution in [3.8, 4) is 0 Å². The van der Waals surface area contributed by atoms with Crippen molar-refractivity contribution in [1.82, 2.24) is 0 Å². The summed E-state index contributed by atoms with van der Waals surface area (Å²) in [5, 5.41) is 9.62. The lowest BCUT2D eigenvalue weighted by molar-refractivity contribution is 0.209. The maximum absolute atomic E-state index is 9.62. The summed E-state index contributed by atoms with van der Waals surface area (Å²) in [6, 6.07) is 0. The van der Waals surface area contributed by atoms with E-state index in [2.05, 4.69) is 44.2 Å². The first-order chi connectivity index (χ1) is 10.3. The average Bonchev–Trinajstić information content (AvgIpc) is 2.49. The van der Waals surface area contributed by atoms with Gasteiger partial charge in [0.05, 0.1) is 6.10 Å². The SMILES string of the molecule is CCCCCC=CCC=CCC=CC=CC(O)CCCC. The molecule has 0 saturated heterocycles. The average molecular weight is 290 g/mol. The molecule has 120 valence electrons. The van der Waals surface area contributed by atoms with E-state index < -0.39 is 0 Å². The lowest BCUT2D eigenvalue weighted by Gasteiger charge is -2.01. The standard InChI is InChI=1S/C20H34O/c1-3-5-7-8-9-10-11-12-13-14-15-16-17-19-20(21)18-6-4-2/h9-10,12-13,15-17,19-21H,3-8,11,14,18H2,1-2H3. The van der Waals surface area contributed by atoms with Crippen LogP contribution >= 0.6 is 0 Å². The van der Waals surface area contributed by atoms with Crippen LogP contribution in [0.1, 0.15) is 71.6 Å². The predicted octanol–water partition coefficient (Wildman–Crippen LogP) is 6.12. The lowest BCUT2D eigenvalue weighted by Crippen LogP contribution is -2.00. The van der Waals surface area contributed by atoms with Crippen LogP contribution in [0.3, 0.4) is 0 Å². The van der Waals surface area contributed by atoms with Crippen molar-refractivity contribution in [1.29, 1.82) is 0 Å². The molecule has 0 heterocycles. The van der Waals surface area contributed by atoms with E-state index in [9.17, 15) is 5.11 Å². The van der Waals surface area contributed by atoms with Crippen molar-refractivity contribution in [3.63, 3.8) is 0 Å². The Morgan fingerprint density at radius 3 is 2.14 bits per heavy atom. The molecule has 0 aromatic rings. The summed E-state index contributed by atoms with van der Waals surface area (Å²) in [6.45, 7) is 4.38. The Morgan fingerprint density at radius 2 is 1.43 bits per heavy atom. The molecule has 1 unspecified atom stereocenters. The number of rotatable bonds is 13. The van der Waals surface area contributed by atoms with Crippen LogP contribution in [0.4, 0.5) is 0 Å². The molecular formula is C20H34O. The highest BCUT2D eigenvalue weighted by atomic mass is 16.3. The Balaban J connectivity index is 3.53. The largest absolute Gasteiger partial charge is 0.389 e. The van der Waals surface area contributed by atoms with Gasteiger partial charge in [-0.2, -0.15) is 0 Å². The van der Waals surface area contributed by atoms with Crippen LogP contribution in [0.5, 0.6) is 0 Å². The molecule has 0 bridgehead atoms. The third-order valence-electron chi connectivity index (χ3n) is 3.29. The van der Waals surface area contributed by atoms with E-state index in [1.807, 2.05) is 18.2 Å². The number of aliphatic hydroxyl groups is 1. The van der Waals surface area contributed by atoms with Gasteiger partial charge in [0, 0.05) is 0 Å². The number of aliphatic hydroxyl groups excluding tert-OH is 1. The Labute approximate surface area is 132 Å². The minimum Gasteiger partial charge on any atom is -0.389 e. The number of allylic oxidation sites excluding steroid dienone is 7. The Hall–Kier alpha value is -1.08. The summed E-state index contributed by atoms with van der Waals surface area (Å²) in [6.07, 6.45) is 26.8. The van der Waals surface area contributed by atoms with Gasteiger partial charge in [0.25, 0.3) is 0 Å². The van der Waals surface area contributed by atoms with Gasteiger partial charge in [-0.3, -0.25) is 0 Å². The van der Waals surface area contributed by atoms with Crippen LogP contribution in [-0.4, -0.2) is 11.2 Å². The zero-order chi connectivity index (χ0) is 15.6. The van der Waals surface area contributed by atoms with Crippen LogP contribution in [0.15, 0.2) is 48.6 Å². The minimum absolute atomic E-state index is 0.289. The fraction of sp³-hybridized carbons (Fsp3) is 0.600. The van der Waals surface area contributed by atoms with Gasteiger partial charge < -0.3 is 5.11 Å². The predicted molar refractivity (Wildman–Crippen MR) is 95.5 cm³/mol. The summed E-state index contributed by atoms with van der Waals surface area (Å²) in [7, 11) is 0. The normalized spacial score (nSPS) is 14.2. The fourth-order valence-electron chi connectivity index (χ4n) is 1.93. The van der Waals surface area contributed by atoms with Crippen molar-refractivity contribution < 1.29 is 5.11 Å². The second-order valence-electron chi connectivity index (χ2n) is 5.43. The maximum atomic E-state index is 9.62. The molecule has 0 aromatic heterocycles. The third kappa shape index (κ3) is 16.9. The second kappa shape index (κ2) is 17.0. The summed E-state index contributed by atoms with van der Waals surface area (Å²) in [4.78, 5) is 0. The van der Waals surface area contributed by atoms with E-state index in [1.165, 1.54) is 25.7 Å². The molecule has 0 aliphatic heterocycles. The highest BCUT2D eigenvalue weighted by Crippen LogP contribution is 2.02. The van der Waals surface area contributed by atoms with E-state index in [4.69, 9.17) is 0 Å². The number of unbranched alkanes of at least 4 members (excludes halogenated alkanes) is 4. The van der Waals surface area contributed by atoms with Gasteiger partial charge in [-0.1, -0.05) is 88.1 Å². The van der Waals surface area contributed by atoms with Crippen LogP contribution in [0, 0.1) is 0 Å². The molecule has 1 N–H and O–H groups in total. The van der Waals surface area contributed by atoms with E-state index in [0.717, 1.165) is 32.1 Å². The number of hydrogen-bond donors (Lipinski definition) is 1. The second-order valence-corrected chi connectivity index (χ2v) is 5.43. The molecule has 0 radical (unpaired) electrons. The maximum Gasteiger partial charge on any atom is 0.0723 e. The van der Waals surface area contributed by atoms with Crippen molar-refractivity contribution in [3.05, 3.63) is 48.6 Å². The molecule has 0 fully saturated rings. The van der Waals surface area contributed by atoms with Crippen LogP contribution in [0.2, 0.25) is 0 Å². The fourth-order valence-corrected chi connectivity index (χ4v) is 1.93. The topological polar surface area (TPSA) is 20.2 Å².